The molecule has 0 radical (unpaired) electrons. The first kappa shape index (κ1) is 34.0. The molecule has 0 aromatic heterocycles. The number of allylic oxidation sites excluding steroid dienone is 2. The second-order valence-electron chi connectivity index (χ2n) is 6.77. The molecule has 2 N–H and O–H groups in total. The van der Waals surface area contributed by atoms with Crippen LogP contribution < -0.4 is 10.1 Å². The van der Waals surface area contributed by atoms with Crippen LogP contribution in [-0.2, 0) is 14.3 Å². The SMILES string of the molecule is C=O.CC1CC/C=C/CCC1.CNCC(=O)OCCSI.O=C(O)Oc1ccc([N+](=O)[O-])cc1. The van der Waals surface area contributed by atoms with Gasteiger partial charge >= 0.3 is 12.1 Å². The van der Waals surface area contributed by atoms with Crippen LogP contribution in [0, 0.1) is 16.0 Å². The van der Waals surface area contributed by atoms with Gasteiger partial charge in [0.05, 0.1) is 11.5 Å². The summed E-state index contributed by atoms with van der Waals surface area (Å²) >= 11 is 2.17. The van der Waals surface area contributed by atoms with Crippen LogP contribution in [0.3, 0.4) is 0 Å². The number of nitro benzene ring substituents is 1. The highest BCUT2D eigenvalue weighted by Gasteiger charge is 2.06. The van der Waals surface area contributed by atoms with Gasteiger partial charge in [-0.1, -0.05) is 34.4 Å². The molecule has 10 nitrogen and oxygen atoms in total. The summed E-state index contributed by atoms with van der Waals surface area (Å²) in [5.41, 5.74) is -0.113. The van der Waals surface area contributed by atoms with Gasteiger partial charge in [-0.05, 0) is 72.0 Å². The summed E-state index contributed by atoms with van der Waals surface area (Å²) in [5.74, 6) is 1.69. The summed E-state index contributed by atoms with van der Waals surface area (Å²) < 4.78 is 9.04. The monoisotopic (exact) mass is 612 g/mol. The maximum absolute atomic E-state index is 10.6. The summed E-state index contributed by atoms with van der Waals surface area (Å²) in [4.78, 5) is 38.3. The fourth-order valence-electron chi connectivity index (χ4n) is 2.46. The average Bonchev–Trinajstić information content (AvgIpc) is 2.79. The van der Waals surface area contributed by atoms with E-state index in [0.717, 1.165) is 23.8 Å². The number of esters is 1. The van der Waals surface area contributed by atoms with Crippen molar-refractivity contribution in [3.8, 4) is 5.75 Å². The number of hydrogen-bond acceptors (Lipinski definition) is 9. The Labute approximate surface area is 216 Å². The number of nitrogens with zero attached hydrogens (tertiary/aromatic N) is 1. The fourth-order valence-corrected chi connectivity index (χ4v) is 3.15. The summed E-state index contributed by atoms with van der Waals surface area (Å²) in [6.45, 7) is 5.17. The topological polar surface area (TPSA) is 145 Å². The van der Waals surface area contributed by atoms with E-state index in [1.54, 1.807) is 16.0 Å². The summed E-state index contributed by atoms with van der Waals surface area (Å²) in [7, 11) is 3.35. The van der Waals surface area contributed by atoms with Gasteiger partial charge in [0, 0.05) is 17.9 Å². The van der Waals surface area contributed by atoms with E-state index < -0.39 is 11.1 Å². The van der Waals surface area contributed by atoms with Crippen molar-refractivity contribution in [1.29, 1.82) is 0 Å². The molecule has 0 heterocycles. The Morgan fingerprint density at radius 1 is 1.24 bits per heavy atom. The Balaban J connectivity index is 0. The molecule has 0 amide bonds. The lowest BCUT2D eigenvalue weighted by Crippen LogP contribution is -2.21. The zero-order valence-electron chi connectivity index (χ0n) is 19.4. The first-order chi connectivity index (χ1) is 16.3. The van der Waals surface area contributed by atoms with Crippen molar-refractivity contribution >= 4 is 54.7 Å². The van der Waals surface area contributed by atoms with Crippen LogP contribution in [0.5, 0.6) is 5.75 Å². The molecule has 0 aliphatic heterocycles. The van der Waals surface area contributed by atoms with Gasteiger partial charge in [0.25, 0.3) is 5.69 Å². The molecule has 0 saturated heterocycles. The summed E-state index contributed by atoms with van der Waals surface area (Å²) in [6, 6.07) is 4.76. The molecule has 1 atom stereocenters. The lowest BCUT2D eigenvalue weighted by atomic mass is 9.96. The number of benzene rings is 1. The van der Waals surface area contributed by atoms with E-state index in [2.05, 4.69) is 50.3 Å². The Bertz CT molecular complexity index is 719. The molecular weight excluding hydrogens is 579 g/mol. The molecule has 0 bridgehead atoms. The van der Waals surface area contributed by atoms with Crippen molar-refractivity contribution in [2.24, 2.45) is 5.92 Å². The van der Waals surface area contributed by atoms with Crippen LogP contribution in [0.1, 0.15) is 39.0 Å². The number of halogens is 1. The zero-order valence-corrected chi connectivity index (χ0v) is 22.4. The molecule has 0 spiro atoms. The van der Waals surface area contributed by atoms with Crippen LogP contribution in [0.25, 0.3) is 0 Å². The van der Waals surface area contributed by atoms with E-state index in [0.29, 0.717) is 13.2 Å². The summed E-state index contributed by atoms with van der Waals surface area (Å²) in [5, 5.41) is 21.1. The number of carbonyl (C=O) groups excluding carboxylic acids is 2. The average molecular weight is 612 g/mol. The number of hydrogen-bond donors (Lipinski definition) is 2. The maximum atomic E-state index is 10.6. The smallest absolute Gasteiger partial charge is 0.464 e. The quantitative estimate of drug-likeness (QED) is 0.0777. The predicted molar refractivity (Wildman–Crippen MR) is 142 cm³/mol. The maximum Gasteiger partial charge on any atom is 0.511 e. The van der Waals surface area contributed by atoms with Gasteiger partial charge in [-0.25, -0.2) is 4.79 Å². The van der Waals surface area contributed by atoms with Crippen LogP contribution in [0.15, 0.2) is 36.4 Å². The van der Waals surface area contributed by atoms with Gasteiger partial charge in [0.2, 0.25) is 0 Å². The lowest BCUT2D eigenvalue weighted by molar-refractivity contribution is -0.384. The third-order valence-electron chi connectivity index (χ3n) is 4.06. The first-order valence-corrected chi connectivity index (χ1v) is 14.0. The molecule has 1 aromatic carbocycles. The van der Waals surface area contributed by atoms with E-state index in [9.17, 15) is 19.7 Å². The van der Waals surface area contributed by atoms with Gasteiger partial charge in [-0.2, -0.15) is 0 Å². The molecule has 0 fully saturated rings. The predicted octanol–water partition coefficient (Wildman–Crippen LogP) is 5.44. The number of likely N-dealkylation sites (N-methyl/N-ethyl adjacent to an activating group) is 1. The number of nitro groups is 1. The van der Waals surface area contributed by atoms with Gasteiger partial charge < -0.3 is 24.7 Å². The van der Waals surface area contributed by atoms with Crippen LogP contribution in [0.4, 0.5) is 10.5 Å². The van der Waals surface area contributed by atoms with Crippen LogP contribution in [0.2, 0.25) is 0 Å². The minimum Gasteiger partial charge on any atom is -0.464 e. The standard InChI is InChI=1S/C9H16.C7H5NO5.C5H10INO2S.CH2O/c1-9-7-5-3-2-4-6-8-9;9-7(10)13-6-3-1-5(2-4-6)8(11)12;1-7-4-5(8)9-2-3-10-6;1-2/h2-3,9H,4-8H2,1H3;1-4H,(H,9,10);7H,2-4H2,1H3;1H2/b3-2+;;;. The largest absolute Gasteiger partial charge is 0.511 e. The first-order valence-electron chi connectivity index (χ1n) is 10.4. The fraction of sp³-hybridized carbons (Fsp3) is 0.500. The molecule has 2 rings (SSSR count). The molecule has 1 aromatic rings. The van der Waals surface area contributed by atoms with Crippen LogP contribution in [-0.4, -0.2) is 54.9 Å². The van der Waals surface area contributed by atoms with E-state index in [1.165, 1.54) is 44.2 Å². The van der Waals surface area contributed by atoms with Crippen molar-refractivity contribution in [3.63, 3.8) is 0 Å². The molecule has 0 saturated carbocycles. The van der Waals surface area contributed by atoms with Gasteiger partial charge in [-0.15, -0.1) is 0 Å². The van der Waals surface area contributed by atoms with E-state index in [1.807, 2.05) is 6.79 Å². The number of nitrogens with one attached hydrogen (secondary N) is 1. The van der Waals surface area contributed by atoms with Gasteiger partial charge in [0.15, 0.2) is 0 Å². The number of non-ortho nitro benzene ring substituents is 1. The van der Waals surface area contributed by atoms with Crippen molar-refractivity contribution < 1.29 is 33.9 Å². The third-order valence-corrected chi connectivity index (χ3v) is 5.70. The van der Waals surface area contributed by atoms with Crippen molar-refractivity contribution in [2.45, 2.75) is 39.0 Å². The second kappa shape index (κ2) is 24.0. The Morgan fingerprint density at radius 2 is 1.85 bits per heavy atom. The van der Waals surface area contributed by atoms with E-state index in [4.69, 9.17) is 14.6 Å². The van der Waals surface area contributed by atoms with Crippen molar-refractivity contribution in [1.82, 2.24) is 5.32 Å². The molecular formula is C22H33IN2O8S. The number of carboxylic acid groups (broad SMARTS) is 1. The third kappa shape index (κ3) is 21.6. The molecule has 34 heavy (non-hydrogen) atoms. The van der Waals surface area contributed by atoms with E-state index >= 15 is 0 Å². The molecule has 1 unspecified atom stereocenters. The Morgan fingerprint density at radius 3 is 2.38 bits per heavy atom. The summed E-state index contributed by atoms with van der Waals surface area (Å²) in [6.07, 6.45) is 10.1. The minimum absolute atomic E-state index is 0.0538. The van der Waals surface area contributed by atoms with E-state index in [-0.39, 0.29) is 17.4 Å². The highest BCUT2D eigenvalue weighted by Crippen LogP contribution is 2.18. The molecule has 12 heteroatoms. The number of ether oxygens (including phenoxy) is 2. The molecule has 1 aliphatic carbocycles. The minimum atomic E-state index is -1.45. The van der Waals surface area contributed by atoms with Crippen LogP contribution >= 0.6 is 30.1 Å². The molecule has 1 aliphatic rings. The van der Waals surface area contributed by atoms with Crippen molar-refractivity contribution in [3.05, 3.63) is 46.5 Å². The lowest BCUT2D eigenvalue weighted by Gasteiger charge is -2.10. The number of rotatable bonds is 7. The highest BCUT2D eigenvalue weighted by atomic mass is 127. The van der Waals surface area contributed by atoms with Gasteiger partial charge in [0.1, 0.15) is 19.1 Å². The zero-order chi connectivity index (χ0) is 26.2. The number of carbonyl (C=O) groups is 3. The highest BCUT2D eigenvalue weighted by molar-refractivity contribution is 14.2. The molecule has 192 valence electrons. The van der Waals surface area contributed by atoms with Crippen molar-refractivity contribution in [2.75, 3.05) is 26.0 Å². The normalized spacial score (nSPS) is 15.1. The van der Waals surface area contributed by atoms with Gasteiger partial charge in [-0.3, -0.25) is 14.9 Å². The Kier molecular flexibility index (Phi) is 23.9. The Hall–Kier alpha value is -2.19. The second-order valence-corrected chi connectivity index (χ2v) is 9.26.